The fourth-order valence-corrected chi connectivity index (χ4v) is 2.44. The van der Waals surface area contributed by atoms with Crippen LogP contribution in [0.4, 0.5) is 0 Å². The number of aliphatic hydroxyl groups is 1. The molecular formula is C13H16BrNO2. The summed E-state index contributed by atoms with van der Waals surface area (Å²) in [5.41, 5.74) is 0.866. The highest BCUT2D eigenvalue weighted by Crippen LogP contribution is 2.23. The van der Waals surface area contributed by atoms with Gasteiger partial charge in [-0.05, 0) is 43.9 Å². The lowest BCUT2D eigenvalue weighted by molar-refractivity contribution is 0.121. The van der Waals surface area contributed by atoms with Crippen molar-refractivity contribution in [1.82, 2.24) is 0 Å². The van der Waals surface area contributed by atoms with Gasteiger partial charge in [-0.3, -0.25) is 4.99 Å². The number of rotatable bonds is 2. The first-order valence-corrected chi connectivity index (χ1v) is 6.64. The van der Waals surface area contributed by atoms with E-state index in [9.17, 15) is 10.2 Å². The Bertz CT molecular complexity index is 420. The predicted molar refractivity (Wildman–Crippen MR) is 71.7 cm³/mol. The normalized spacial score (nSPS) is 25.3. The molecular weight excluding hydrogens is 282 g/mol. The van der Waals surface area contributed by atoms with E-state index < -0.39 is 0 Å². The van der Waals surface area contributed by atoms with Crippen molar-refractivity contribution >= 4 is 22.1 Å². The zero-order valence-electron chi connectivity index (χ0n) is 9.51. The molecule has 0 radical (unpaired) electrons. The van der Waals surface area contributed by atoms with E-state index in [2.05, 4.69) is 20.9 Å². The molecule has 1 aromatic rings. The fraction of sp³-hybridized carbons (Fsp3) is 0.462. The molecule has 2 N–H and O–H groups in total. The third-order valence-corrected chi connectivity index (χ3v) is 3.75. The first kappa shape index (κ1) is 12.6. The first-order chi connectivity index (χ1) is 8.15. The van der Waals surface area contributed by atoms with Crippen molar-refractivity contribution in [3.05, 3.63) is 28.2 Å². The monoisotopic (exact) mass is 297 g/mol. The molecule has 1 aliphatic carbocycles. The Morgan fingerprint density at radius 1 is 1.35 bits per heavy atom. The van der Waals surface area contributed by atoms with Crippen molar-refractivity contribution in [3.8, 4) is 5.75 Å². The Kier molecular flexibility index (Phi) is 4.18. The Morgan fingerprint density at radius 2 is 2.18 bits per heavy atom. The van der Waals surface area contributed by atoms with Crippen LogP contribution in [0.15, 0.2) is 27.7 Å². The SMILES string of the molecule is Oc1ccc(Br)c(C=N[C@@H]2CCC[C@H](O)C2)c1. The van der Waals surface area contributed by atoms with Gasteiger partial charge < -0.3 is 10.2 Å². The maximum atomic E-state index is 9.55. The number of hydrogen-bond donors (Lipinski definition) is 2. The molecule has 1 aromatic carbocycles. The average Bonchev–Trinajstić information content (AvgIpc) is 2.30. The Labute approximate surface area is 109 Å². The highest BCUT2D eigenvalue weighted by Gasteiger charge is 2.18. The second-order valence-corrected chi connectivity index (χ2v) is 5.31. The van der Waals surface area contributed by atoms with E-state index in [4.69, 9.17) is 0 Å². The van der Waals surface area contributed by atoms with Gasteiger partial charge in [0.15, 0.2) is 0 Å². The summed E-state index contributed by atoms with van der Waals surface area (Å²) >= 11 is 3.42. The maximum Gasteiger partial charge on any atom is 0.116 e. The van der Waals surface area contributed by atoms with E-state index in [1.165, 1.54) is 0 Å². The predicted octanol–water partition coefficient (Wildman–Crippen LogP) is 2.88. The summed E-state index contributed by atoms with van der Waals surface area (Å²) in [7, 11) is 0. The molecule has 2 rings (SSSR count). The highest BCUT2D eigenvalue weighted by molar-refractivity contribution is 9.10. The van der Waals surface area contributed by atoms with Gasteiger partial charge in [0.05, 0.1) is 12.1 Å². The van der Waals surface area contributed by atoms with Crippen LogP contribution in [-0.2, 0) is 0 Å². The number of aliphatic hydroxyl groups excluding tert-OH is 1. The second-order valence-electron chi connectivity index (χ2n) is 4.46. The number of phenols is 1. The van der Waals surface area contributed by atoms with Gasteiger partial charge in [0.2, 0.25) is 0 Å². The molecule has 92 valence electrons. The summed E-state index contributed by atoms with van der Waals surface area (Å²) in [6.45, 7) is 0. The summed E-state index contributed by atoms with van der Waals surface area (Å²) in [5.74, 6) is 0.235. The second kappa shape index (κ2) is 5.65. The van der Waals surface area contributed by atoms with Crippen molar-refractivity contribution < 1.29 is 10.2 Å². The van der Waals surface area contributed by atoms with E-state index in [-0.39, 0.29) is 17.9 Å². The van der Waals surface area contributed by atoms with Crippen LogP contribution in [0.25, 0.3) is 0 Å². The first-order valence-electron chi connectivity index (χ1n) is 5.85. The summed E-state index contributed by atoms with van der Waals surface area (Å²) in [6.07, 6.45) is 5.26. The molecule has 0 aliphatic heterocycles. The summed E-state index contributed by atoms with van der Waals surface area (Å²) in [5, 5.41) is 18.9. The average molecular weight is 298 g/mol. The molecule has 3 nitrogen and oxygen atoms in total. The topological polar surface area (TPSA) is 52.8 Å². The van der Waals surface area contributed by atoms with Crippen LogP contribution in [0.3, 0.4) is 0 Å². The Morgan fingerprint density at radius 3 is 2.94 bits per heavy atom. The maximum absolute atomic E-state index is 9.55. The molecule has 17 heavy (non-hydrogen) atoms. The van der Waals surface area contributed by atoms with E-state index in [0.29, 0.717) is 0 Å². The van der Waals surface area contributed by atoms with Gasteiger partial charge in [0, 0.05) is 16.3 Å². The zero-order valence-corrected chi connectivity index (χ0v) is 11.1. The molecule has 0 unspecified atom stereocenters. The minimum atomic E-state index is -0.210. The van der Waals surface area contributed by atoms with E-state index in [0.717, 1.165) is 35.7 Å². The molecule has 2 atom stereocenters. The van der Waals surface area contributed by atoms with Gasteiger partial charge in [0.1, 0.15) is 5.75 Å². The number of aromatic hydroxyl groups is 1. The van der Waals surface area contributed by atoms with Crippen LogP contribution in [0.1, 0.15) is 31.2 Å². The van der Waals surface area contributed by atoms with Crippen LogP contribution < -0.4 is 0 Å². The van der Waals surface area contributed by atoms with Crippen molar-refractivity contribution in [1.29, 1.82) is 0 Å². The van der Waals surface area contributed by atoms with Crippen LogP contribution in [0.2, 0.25) is 0 Å². The van der Waals surface area contributed by atoms with Crippen LogP contribution in [0, 0.1) is 0 Å². The van der Waals surface area contributed by atoms with Gasteiger partial charge in [0.25, 0.3) is 0 Å². The number of hydrogen-bond acceptors (Lipinski definition) is 3. The van der Waals surface area contributed by atoms with Gasteiger partial charge in [-0.25, -0.2) is 0 Å². The minimum Gasteiger partial charge on any atom is -0.508 e. The highest BCUT2D eigenvalue weighted by atomic mass is 79.9. The quantitative estimate of drug-likeness (QED) is 0.825. The lowest BCUT2D eigenvalue weighted by Crippen LogP contribution is -2.22. The zero-order chi connectivity index (χ0) is 12.3. The van der Waals surface area contributed by atoms with Crippen molar-refractivity contribution in [2.24, 2.45) is 4.99 Å². The molecule has 0 amide bonds. The van der Waals surface area contributed by atoms with Gasteiger partial charge in [-0.1, -0.05) is 15.9 Å². The largest absolute Gasteiger partial charge is 0.508 e. The summed E-state index contributed by atoms with van der Waals surface area (Å²) in [6, 6.07) is 5.30. The van der Waals surface area contributed by atoms with E-state index in [1.54, 1.807) is 24.4 Å². The van der Waals surface area contributed by atoms with Crippen LogP contribution in [0.5, 0.6) is 5.75 Å². The molecule has 0 spiro atoms. The third-order valence-electron chi connectivity index (χ3n) is 3.02. The summed E-state index contributed by atoms with van der Waals surface area (Å²) in [4.78, 5) is 4.48. The fourth-order valence-electron chi connectivity index (χ4n) is 2.09. The molecule has 0 aromatic heterocycles. The third kappa shape index (κ3) is 3.54. The number of phenolic OH excluding ortho intramolecular Hbond substituents is 1. The molecule has 4 heteroatoms. The minimum absolute atomic E-state index is 0.202. The molecule has 0 bridgehead atoms. The van der Waals surface area contributed by atoms with Crippen LogP contribution >= 0.6 is 15.9 Å². The molecule has 0 saturated heterocycles. The Balaban J connectivity index is 2.06. The van der Waals surface area contributed by atoms with E-state index in [1.807, 2.05) is 0 Å². The van der Waals surface area contributed by atoms with Gasteiger partial charge in [-0.15, -0.1) is 0 Å². The molecule has 1 fully saturated rings. The smallest absolute Gasteiger partial charge is 0.116 e. The Hall–Kier alpha value is -0.870. The standard InChI is InChI=1S/C13H16BrNO2/c14-13-5-4-12(17)6-9(13)8-15-10-2-1-3-11(16)7-10/h4-6,8,10-11,16-17H,1-3,7H2/t10-,11+/m1/s1. The van der Waals surface area contributed by atoms with Crippen molar-refractivity contribution in [2.75, 3.05) is 0 Å². The van der Waals surface area contributed by atoms with Crippen molar-refractivity contribution in [3.63, 3.8) is 0 Å². The van der Waals surface area contributed by atoms with Crippen LogP contribution in [-0.4, -0.2) is 28.6 Å². The van der Waals surface area contributed by atoms with Crippen molar-refractivity contribution in [2.45, 2.75) is 37.8 Å². The lowest BCUT2D eigenvalue weighted by atomic mass is 9.93. The molecule has 1 saturated carbocycles. The number of halogens is 1. The number of aliphatic imine (C=N–C) groups is 1. The number of benzene rings is 1. The lowest BCUT2D eigenvalue weighted by Gasteiger charge is -2.22. The molecule has 0 heterocycles. The van der Waals surface area contributed by atoms with E-state index >= 15 is 0 Å². The summed E-state index contributed by atoms with van der Waals surface area (Å²) < 4.78 is 0.912. The molecule has 1 aliphatic rings. The number of nitrogens with zero attached hydrogens (tertiary/aromatic N) is 1. The van der Waals surface area contributed by atoms with Gasteiger partial charge in [-0.2, -0.15) is 0 Å². The van der Waals surface area contributed by atoms with Gasteiger partial charge >= 0.3 is 0 Å².